The van der Waals surface area contributed by atoms with Crippen molar-refractivity contribution in [2.24, 2.45) is 0 Å². The van der Waals surface area contributed by atoms with Gasteiger partial charge in [0.2, 0.25) is 0 Å². The van der Waals surface area contributed by atoms with Crippen molar-refractivity contribution in [3.05, 3.63) is 23.8 Å². The Morgan fingerprint density at radius 2 is 2.17 bits per heavy atom. The maximum absolute atomic E-state index is 12.3. The molecule has 0 bridgehead atoms. The third-order valence-corrected chi connectivity index (χ3v) is 2.92. The molecule has 2 rings (SSSR count). The highest BCUT2D eigenvalue weighted by Gasteiger charge is 2.20. The molecule has 0 fully saturated rings. The molecular formula is C13H19N3O2. The molecule has 0 spiro atoms. The van der Waals surface area contributed by atoms with Gasteiger partial charge < -0.3 is 20.6 Å². The van der Waals surface area contributed by atoms with Crippen LogP contribution in [0.4, 0.5) is 11.4 Å². The molecule has 0 saturated heterocycles. The Balaban J connectivity index is 2.25. The van der Waals surface area contributed by atoms with E-state index in [1.807, 2.05) is 12.1 Å². The first-order valence-corrected chi connectivity index (χ1v) is 6.14. The van der Waals surface area contributed by atoms with E-state index in [9.17, 15) is 9.90 Å². The minimum Gasteiger partial charge on any atom is -0.392 e. The minimum absolute atomic E-state index is 0.0797. The summed E-state index contributed by atoms with van der Waals surface area (Å²) in [5, 5.41) is 15.8. The predicted octanol–water partition coefficient (Wildman–Crippen LogP) is 0.977. The molecule has 0 aromatic heterocycles. The van der Waals surface area contributed by atoms with Gasteiger partial charge in [0.05, 0.1) is 23.0 Å². The summed E-state index contributed by atoms with van der Waals surface area (Å²) in [5.41, 5.74) is 2.45. The molecule has 98 valence electrons. The first-order chi connectivity index (χ1) is 8.59. The van der Waals surface area contributed by atoms with Crippen molar-refractivity contribution in [2.75, 3.05) is 37.3 Å². The molecule has 3 N–H and O–H groups in total. The Bertz CT molecular complexity index is 446. The average Bonchev–Trinajstić information content (AvgIpc) is 2.36. The monoisotopic (exact) mass is 249 g/mol. The van der Waals surface area contributed by atoms with Crippen LogP contribution in [-0.4, -0.2) is 48.7 Å². The number of aliphatic hydroxyl groups is 1. The predicted molar refractivity (Wildman–Crippen MR) is 72.1 cm³/mol. The summed E-state index contributed by atoms with van der Waals surface area (Å²) in [7, 11) is 1.70. The fourth-order valence-electron chi connectivity index (χ4n) is 2.14. The van der Waals surface area contributed by atoms with E-state index in [0.29, 0.717) is 12.1 Å². The Morgan fingerprint density at radius 3 is 2.89 bits per heavy atom. The van der Waals surface area contributed by atoms with Crippen LogP contribution in [0.15, 0.2) is 18.2 Å². The molecule has 1 amide bonds. The number of hydrogen-bond donors (Lipinski definition) is 3. The highest BCUT2D eigenvalue weighted by atomic mass is 16.3. The van der Waals surface area contributed by atoms with Crippen LogP contribution in [0.3, 0.4) is 0 Å². The number of nitrogens with zero attached hydrogens (tertiary/aromatic N) is 1. The Kier molecular flexibility index (Phi) is 3.72. The lowest BCUT2D eigenvalue weighted by Gasteiger charge is -2.25. The standard InChI is InChI=1S/C13H19N3O2/c1-9(17)8-16(2)13(18)10-4-3-5-11-12(10)15-7-6-14-11/h3-5,9,14-15,17H,6-8H2,1-2H3. The lowest BCUT2D eigenvalue weighted by Crippen LogP contribution is -2.34. The lowest BCUT2D eigenvalue weighted by atomic mass is 10.1. The fraction of sp³-hybridized carbons (Fsp3) is 0.462. The number of fused-ring (bicyclic) bond motifs is 1. The molecule has 1 heterocycles. The summed E-state index contributed by atoms with van der Waals surface area (Å²) in [6.07, 6.45) is -0.524. The molecule has 0 aliphatic carbocycles. The second-order valence-corrected chi connectivity index (χ2v) is 4.62. The number of rotatable bonds is 3. The zero-order chi connectivity index (χ0) is 13.1. The average molecular weight is 249 g/mol. The number of hydrogen-bond acceptors (Lipinski definition) is 4. The van der Waals surface area contributed by atoms with Gasteiger partial charge in [0, 0.05) is 26.7 Å². The lowest BCUT2D eigenvalue weighted by molar-refractivity contribution is 0.0704. The van der Waals surface area contributed by atoms with E-state index in [0.717, 1.165) is 24.5 Å². The summed E-state index contributed by atoms with van der Waals surface area (Å²) in [6, 6.07) is 5.62. The smallest absolute Gasteiger partial charge is 0.255 e. The van der Waals surface area contributed by atoms with Crippen LogP contribution >= 0.6 is 0 Å². The molecule has 1 atom stereocenters. The summed E-state index contributed by atoms with van der Waals surface area (Å²) in [4.78, 5) is 13.8. The van der Waals surface area contributed by atoms with Crippen molar-refractivity contribution in [3.8, 4) is 0 Å². The van der Waals surface area contributed by atoms with Gasteiger partial charge in [0.15, 0.2) is 0 Å². The topological polar surface area (TPSA) is 64.6 Å². The van der Waals surface area contributed by atoms with Crippen LogP contribution in [0.1, 0.15) is 17.3 Å². The van der Waals surface area contributed by atoms with Crippen LogP contribution in [-0.2, 0) is 0 Å². The summed E-state index contributed by atoms with van der Waals surface area (Å²) >= 11 is 0. The van der Waals surface area contributed by atoms with Crippen molar-refractivity contribution in [2.45, 2.75) is 13.0 Å². The second kappa shape index (κ2) is 5.27. The number of likely N-dealkylation sites (N-methyl/N-ethyl adjacent to an activating group) is 1. The van der Waals surface area contributed by atoms with Crippen molar-refractivity contribution in [1.29, 1.82) is 0 Å². The fourth-order valence-corrected chi connectivity index (χ4v) is 2.14. The van der Waals surface area contributed by atoms with Gasteiger partial charge in [-0.25, -0.2) is 0 Å². The third kappa shape index (κ3) is 2.56. The van der Waals surface area contributed by atoms with E-state index in [1.165, 1.54) is 4.90 Å². The molecule has 5 heteroatoms. The maximum Gasteiger partial charge on any atom is 0.255 e. The Labute approximate surface area is 107 Å². The van der Waals surface area contributed by atoms with Gasteiger partial charge in [0.25, 0.3) is 5.91 Å². The van der Waals surface area contributed by atoms with E-state index >= 15 is 0 Å². The number of amides is 1. The van der Waals surface area contributed by atoms with Gasteiger partial charge in [-0.1, -0.05) is 6.07 Å². The van der Waals surface area contributed by atoms with Crippen molar-refractivity contribution < 1.29 is 9.90 Å². The van der Waals surface area contributed by atoms with E-state index in [4.69, 9.17) is 0 Å². The summed E-state index contributed by atoms with van der Waals surface area (Å²) in [6.45, 7) is 3.66. The molecule has 0 saturated carbocycles. The molecule has 1 aromatic carbocycles. The van der Waals surface area contributed by atoms with Gasteiger partial charge in [-0.05, 0) is 19.1 Å². The number of aliphatic hydroxyl groups excluding tert-OH is 1. The second-order valence-electron chi connectivity index (χ2n) is 4.62. The molecule has 1 aromatic rings. The molecule has 1 aliphatic rings. The number of anilines is 2. The highest BCUT2D eigenvalue weighted by molar-refractivity contribution is 6.02. The SMILES string of the molecule is CC(O)CN(C)C(=O)c1cccc2c1NCCN2. The number of para-hydroxylation sites is 1. The van der Waals surface area contributed by atoms with Gasteiger partial charge in [0.1, 0.15) is 0 Å². The number of carbonyl (C=O) groups is 1. The van der Waals surface area contributed by atoms with Gasteiger partial charge >= 0.3 is 0 Å². The minimum atomic E-state index is -0.524. The van der Waals surface area contributed by atoms with Gasteiger partial charge in [-0.15, -0.1) is 0 Å². The van der Waals surface area contributed by atoms with Gasteiger partial charge in [-0.3, -0.25) is 4.79 Å². The molecule has 0 radical (unpaired) electrons. The molecule has 1 aliphatic heterocycles. The Hall–Kier alpha value is -1.75. The number of carbonyl (C=O) groups excluding carboxylic acids is 1. The van der Waals surface area contributed by atoms with Crippen molar-refractivity contribution in [3.63, 3.8) is 0 Å². The van der Waals surface area contributed by atoms with E-state index in [1.54, 1.807) is 20.0 Å². The first-order valence-electron chi connectivity index (χ1n) is 6.14. The molecule has 18 heavy (non-hydrogen) atoms. The summed E-state index contributed by atoms with van der Waals surface area (Å²) < 4.78 is 0. The Morgan fingerprint density at radius 1 is 1.44 bits per heavy atom. The molecule has 5 nitrogen and oxygen atoms in total. The number of nitrogens with one attached hydrogen (secondary N) is 2. The number of benzene rings is 1. The zero-order valence-electron chi connectivity index (χ0n) is 10.7. The van der Waals surface area contributed by atoms with Gasteiger partial charge in [-0.2, -0.15) is 0 Å². The van der Waals surface area contributed by atoms with Crippen LogP contribution in [0.2, 0.25) is 0 Å². The van der Waals surface area contributed by atoms with E-state index in [-0.39, 0.29) is 5.91 Å². The van der Waals surface area contributed by atoms with Crippen LogP contribution in [0.25, 0.3) is 0 Å². The summed E-state index contributed by atoms with van der Waals surface area (Å²) in [5.74, 6) is -0.0797. The maximum atomic E-state index is 12.3. The molecular weight excluding hydrogens is 230 g/mol. The third-order valence-electron chi connectivity index (χ3n) is 2.92. The normalized spacial score (nSPS) is 15.1. The van der Waals surface area contributed by atoms with E-state index in [2.05, 4.69) is 10.6 Å². The van der Waals surface area contributed by atoms with Crippen molar-refractivity contribution in [1.82, 2.24) is 4.90 Å². The first kappa shape index (κ1) is 12.7. The highest BCUT2D eigenvalue weighted by Crippen LogP contribution is 2.28. The largest absolute Gasteiger partial charge is 0.392 e. The van der Waals surface area contributed by atoms with Crippen molar-refractivity contribution >= 4 is 17.3 Å². The van der Waals surface area contributed by atoms with Crippen LogP contribution in [0.5, 0.6) is 0 Å². The van der Waals surface area contributed by atoms with Crippen LogP contribution < -0.4 is 10.6 Å². The zero-order valence-corrected chi connectivity index (χ0v) is 10.7. The van der Waals surface area contributed by atoms with Crippen LogP contribution in [0, 0.1) is 0 Å². The quantitative estimate of drug-likeness (QED) is 0.747. The van der Waals surface area contributed by atoms with E-state index < -0.39 is 6.10 Å². The molecule has 1 unspecified atom stereocenters.